The number of nitrogens with one attached hydrogen (secondary N) is 1. The number of carbonyl (C=O) groups excluding carboxylic acids is 1. The van der Waals surface area contributed by atoms with Gasteiger partial charge in [0, 0.05) is 32.3 Å². The van der Waals surface area contributed by atoms with E-state index in [9.17, 15) is 4.79 Å². The Morgan fingerprint density at radius 2 is 2.04 bits per heavy atom. The molecular formula is C20H34N2O2. The van der Waals surface area contributed by atoms with E-state index in [1.165, 1.54) is 19.3 Å². The molecule has 1 aliphatic carbocycles. The van der Waals surface area contributed by atoms with Crippen molar-refractivity contribution in [1.29, 1.82) is 0 Å². The zero-order chi connectivity index (χ0) is 17.0. The summed E-state index contributed by atoms with van der Waals surface area (Å²) >= 11 is 0. The molecule has 2 saturated heterocycles. The van der Waals surface area contributed by atoms with Gasteiger partial charge in [0.1, 0.15) is 0 Å². The molecule has 1 N–H and O–H groups in total. The molecule has 0 aromatic carbocycles. The van der Waals surface area contributed by atoms with Crippen LogP contribution in [0.2, 0.25) is 0 Å². The van der Waals surface area contributed by atoms with Crippen molar-refractivity contribution in [1.82, 2.24) is 10.2 Å². The number of hydrogen-bond donors (Lipinski definition) is 1. The van der Waals surface area contributed by atoms with Crippen LogP contribution in [0.25, 0.3) is 0 Å². The lowest BCUT2D eigenvalue weighted by Gasteiger charge is -2.45. The first-order chi connectivity index (χ1) is 11.6. The Hall–Kier alpha value is -0.870. The van der Waals surface area contributed by atoms with Gasteiger partial charge in [0.2, 0.25) is 5.91 Å². The maximum Gasteiger partial charge on any atom is 0.239 e. The second-order valence-electron chi connectivity index (χ2n) is 8.35. The second-order valence-corrected chi connectivity index (χ2v) is 8.35. The average Bonchev–Trinajstić information content (AvgIpc) is 2.60. The van der Waals surface area contributed by atoms with Crippen molar-refractivity contribution in [3.05, 3.63) is 12.2 Å². The number of ether oxygens (including phenoxy) is 1. The molecule has 0 aromatic heterocycles. The average molecular weight is 335 g/mol. The van der Waals surface area contributed by atoms with E-state index in [1.54, 1.807) is 0 Å². The molecule has 0 aromatic rings. The number of hydrogen-bond acceptors (Lipinski definition) is 3. The first-order valence-electron chi connectivity index (χ1n) is 9.87. The molecule has 0 bridgehead atoms. The van der Waals surface area contributed by atoms with Crippen LogP contribution in [0.3, 0.4) is 0 Å². The van der Waals surface area contributed by atoms with E-state index in [4.69, 9.17) is 4.74 Å². The third kappa shape index (κ3) is 4.20. The van der Waals surface area contributed by atoms with Crippen LogP contribution in [0.4, 0.5) is 0 Å². The van der Waals surface area contributed by atoms with Gasteiger partial charge < -0.3 is 15.0 Å². The topological polar surface area (TPSA) is 41.6 Å². The van der Waals surface area contributed by atoms with Gasteiger partial charge in [0.15, 0.2) is 0 Å². The van der Waals surface area contributed by atoms with Gasteiger partial charge in [-0.15, -0.1) is 0 Å². The number of allylic oxidation sites excluding steroid dienone is 2. The SMILES string of the molecule is CC(C)[C@H](NC1CCOCC1)C(=O)N1CCC[C@]2(CC=CCC2)C1. The van der Waals surface area contributed by atoms with Gasteiger partial charge in [-0.3, -0.25) is 4.79 Å². The normalized spacial score (nSPS) is 30.0. The van der Waals surface area contributed by atoms with Crippen molar-refractivity contribution in [2.45, 2.75) is 70.9 Å². The Morgan fingerprint density at radius 3 is 2.71 bits per heavy atom. The lowest BCUT2D eigenvalue weighted by atomic mass is 9.71. The predicted octanol–water partition coefficient (Wildman–Crippen LogP) is 3.13. The lowest BCUT2D eigenvalue weighted by molar-refractivity contribution is -0.138. The fraction of sp³-hybridized carbons (Fsp3) is 0.850. The highest BCUT2D eigenvalue weighted by atomic mass is 16.5. The zero-order valence-electron chi connectivity index (χ0n) is 15.4. The number of amides is 1. The van der Waals surface area contributed by atoms with Crippen molar-refractivity contribution in [2.75, 3.05) is 26.3 Å². The Balaban J connectivity index is 1.64. The van der Waals surface area contributed by atoms with E-state index in [1.807, 2.05) is 0 Å². The minimum absolute atomic E-state index is 0.0533. The molecular weight excluding hydrogens is 300 g/mol. The van der Waals surface area contributed by atoms with Crippen LogP contribution in [-0.4, -0.2) is 49.2 Å². The fourth-order valence-electron chi connectivity index (χ4n) is 4.57. The number of likely N-dealkylation sites (tertiary alicyclic amines) is 1. The van der Waals surface area contributed by atoms with E-state index in [2.05, 4.69) is 36.2 Å². The molecule has 3 aliphatic rings. The molecule has 2 aliphatic heterocycles. The molecule has 1 spiro atoms. The summed E-state index contributed by atoms with van der Waals surface area (Å²) in [6.45, 7) is 7.85. The summed E-state index contributed by atoms with van der Waals surface area (Å²) in [5, 5.41) is 3.66. The van der Waals surface area contributed by atoms with Crippen molar-refractivity contribution in [3.63, 3.8) is 0 Å². The Labute approximate surface area is 147 Å². The van der Waals surface area contributed by atoms with E-state index in [0.29, 0.717) is 23.3 Å². The quantitative estimate of drug-likeness (QED) is 0.803. The van der Waals surface area contributed by atoms with Gasteiger partial charge in [-0.05, 0) is 56.3 Å². The predicted molar refractivity (Wildman–Crippen MR) is 96.8 cm³/mol. The van der Waals surface area contributed by atoms with Gasteiger partial charge in [-0.1, -0.05) is 26.0 Å². The molecule has 24 heavy (non-hydrogen) atoms. The maximum atomic E-state index is 13.3. The molecule has 2 atom stereocenters. The fourth-order valence-corrected chi connectivity index (χ4v) is 4.57. The Bertz CT molecular complexity index is 457. The van der Waals surface area contributed by atoms with Crippen LogP contribution >= 0.6 is 0 Å². The lowest BCUT2D eigenvalue weighted by Crippen LogP contribution is -2.56. The molecule has 2 fully saturated rings. The summed E-state index contributed by atoms with van der Waals surface area (Å²) in [6, 6.07) is 0.369. The molecule has 4 heteroatoms. The van der Waals surface area contributed by atoms with Crippen LogP contribution in [-0.2, 0) is 9.53 Å². The first-order valence-corrected chi connectivity index (χ1v) is 9.87. The van der Waals surface area contributed by atoms with Crippen LogP contribution in [0.5, 0.6) is 0 Å². The molecule has 3 rings (SSSR count). The minimum atomic E-state index is -0.0533. The largest absolute Gasteiger partial charge is 0.381 e. The molecule has 0 unspecified atom stereocenters. The first kappa shape index (κ1) is 17.9. The Kier molecular flexibility index (Phi) is 5.98. The molecule has 4 nitrogen and oxygen atoms in total. The standard InChI is InChI=1S/C20H34N2O2/c1-16(2)18(21-17-7-13-24-14-8-17)19(23)22-12-6-11-20(15-22)9-4-3-5-10-20/h3-4,16-18,21H,5-15H2,1-2H3/t18-,20+/m0/s1. The maximum absolute atomic E-state index is 13.3. The van der Waals surface area contributed by atoms with Crippen molar-refractivity contribution >= 4 is 5.91 Å². The minimum Gasteiger partial charge on any atom is -0.381 e. The summed E-state index contributed by atoms with van der Waals surface area (Å²) in [5.41, 5.74) is 0.350. The Morgan fingerprint density at radius 1 is 1.25 bits per heavy atom. The molecule has 0 radical (unpaired) electrons. The summed E-state index contributed by atoms with van der Waals surface area (Å²) in [6.07, 6.45) is 12.7. The molecule has 136 valence electrons. The van der Waals surface area contributed by atoms with Gasteiger partial charge in [0.25, 0.3) is 0 Å². The van der Waals surface area contributed by atoms with Crippen LogP contribution in [0, 0.1) is 11.3 Å². The summed E-state index contributed by atoms with van der Waals surface area (Å²) < 4.78 is 5.45. The van der Waals surface area contributed by atoms with Crippen molar-refractivity contribution < 1.29 is 9.53 Å². The highest BCUT2D eigenvalue weighted by molar-refractivity contribution is 5.82. The van der Waals surface area contributed by atoms with Gasteiger partial charge >= 0.3 is 0 Å². The number of piperidine rings is 1. The third-order valence-electron chi connectivity index (χ3n) is 6.10. The van der Waals surface area contributed by atoms with Crippen LogP contribution in [0.1, 0.15) is 58.8 Å². The summed E-state index contributed by atoms with van der Waals surface area (Å²) in [5.74, 6) is 0.648. The van der Waals surface area contributed by atoms with E-state index < -0.39 is 0 Å². The van der Waals surface area contributed by atoms with Gasteiger partial charge in [-0.2, -0.15) is 0 Å². The molecule has 1 amide bonds. The summed E-state index contributed by atoms with van der Waals surface area (Å²) in [7, 11) is 0. The van der Waals surface area contributed by atoms with Crippen molar-refractivity contribution in [3.8, 4) is 0 Å². The molecule has 2 heterocycles. The number of rotatable bonds is 4. The van der Waals surface area contributed by atoms with Crippen LogP contribution in [0.15, 0.2) is 12.2 Å². The monoisotopic (exact) mass is 334 g/mol. The summed E-state index contributed by atoms with van der Waals surface area (Å²) in [4.78, 5) is 15.4. The molecule has 0 saturated carbocycles. The van der Waals surface area contributed by atoms with Crippen LogP contribution < -0.4 is 5.32 Å². The number of nitrogens with zero attached hydrogens (tertiary/aromatic N) is 1. The highest BCUT2D eigenvalue weighted by Gasteiger charge is 2.39. The zero-order valence-corrected chi connectivity index (χ0v) is 15.4. The highest BCUT2D eigenvalue weighted by Crippen LogP contribution is 2.41. The second kappa shape index (κ2) is 8.01. The van der Waals surface area contributed by atoms with Crippen molar-refractivity contribution in [2.24, 2.45) is 11.3 Å². The van der Waals surface area contributed by atoms with E-state index >= 15 is 0 Å². The van der Waals surface area contributed by atoms with Gasteiger partial charge in [0.05, 0.1) is 6.04 Å². The van der Waals surface area contributed by atoms with E-state index in [0.717, 1.165) is 52.0 Å². The number of carbonyl (C=O) groups is 1. The third-order valence-corrected chi connectivity index (χ3v) is 6.10. The van der Waals surface area contributed by atoms with Gasteiger partial charge in [-0.25, -0.2) is 0 Å². The smallest absolute Gasteiger partial charge is 0.239 e. The van der Waals surface area contributed by atoms with E-state index in [-0.39, 0.29) is 6.04 Å².